The second-order valence-corrected chi connectivity index (χ2v) is 6.12. The summed E-state index contributed by atoms with van der Waals surface area (Å²) in [6, 6.07) is 1.96. The van der Waals surface area contributed by atoms with Gasteiger partial charge in [0.05, 0.1) is 0 Å². The number of aryl methyl sites for hydroxylation is 1. The van der Waals surface area contributed by atoms with E-state index in [0.717, 1.165) is 5.56 Å². The quantitative estimate of drug-likeness (QED) is 0.655. The minimum atomic E-state index is -0.291. The van der Waals surface area contributed by atoms with Crippen molar-refractivity contribution in [3.8, 4) is 0 Å². The number of carbonyl (C=O) groups excluding carboxylic acids is 1. The van der Waals surface area contributed by atoms with Crippen LogP contribution in [0.15, 0.2) is 12.3 Å². The Labute approximate surface area is 97.7 Å². The molecule has 1 atom stereocenters. The van der Waals surface area contributed by atoms with Crippen molar-refractivity contribution in [3.63, 3.8) is 0 Å². The number of Topliss-reactive ketones (excluding diaryl/α,β-unsaturated/α-hetero) is 1. The first kappa shape index (κ1) is 11.4. The smallest absolute Gasteiger partial charge is 0.170 e. The Bertz CT molecular complexity index is 451. The molecule has 88 valence electrons. The number of rotatable bonds is 0. The maximum Gasteiger partial charge on any atom is 0.170 e. The highest BCUT2D eigenvalue weighted by Crippen LogP contribution is 2.54. The Morgan fingerprint density at radius 2 is 1.81 bits per heavy atom. The summed E-state index contributed by atoms with van der Waals surface area (Å²) in [5.41, 5.74) is 1.80. The predicted molar refractivity (Wildman–Crippen MR) is 65.7 cm³/mol. The van der Waals surface area contributed by atoms with Gasteiger partial charge in [-0.05, 0) is 11.5 Å². The van der Waals surface area contributed by atoms with Crippen molar-refractivity contribution in [1.29, 1.82) is 0 Å². The van der Waals surface area contributed by atoms with Gasteiger partial charge in [0, 0.05) is 35.8 Å². The summed E-state index contributed by atoms with van der Waals surface area (Å²) in [6.07, 6.45) is 2.00. The van der Waals surface area contributed by atoms with Crippen LogP contribution in [0.4, 0.5) is 0 Å². The van der Waals surface area contributed by atoms with Gasteiger partial charge in [-0.15, -0.1) is 0 Å². The maximum atomic E-state index is 12.5. The number of hydrogen-bond donors (Lipinski definition) is 0. The van der Waals surface area contributed by atoms with Crippen molar-refractivity contribution in [1.82, 2.24) is 4.57 Å². The molecule has 1 unspecified atom stereocenters. The Balaban J connectivity index is 2.72. The first-order chi connectivity index (χ1) is 7.21. The Morgan fingerprint density at radius 3 is 2.38 bits per heavy atom. The van der Waals surface area contributed by atoms with E-state index in [0.29, 0.717) is 5.92 Å². The summed E-state index contributed by atoms with van der Waals surface area (Å²) < 4.78 is 2.09. The van der Waals surface area contributed by atoms with Crippen molar-refractivity contribution in [3.05, 3.63) is 23.5 Å². The van der Waals surface area contributed by atoms with E-state index in [1.807, 2.05) is 19.3 Å². The highest BCUT2D eigenvalue weighted by Gasteiger charge is 2.52. The standard InChI is InChI=1S/C14H21NO/c1-9-11-10(7-8-15(11)6)12(16)14(4,5)13(9,2)3/h7-9H,1-6H3. The summed E-state index contributed by atoms with van der Waals surface area (Å²) in [5.74, 6) is 0.682. The molecule has 0 N–H and O–H groups in total. The van der Waals surface area contributed by atoms with Gasteiger partial charge in [-0.3, -0.25) is 4.79 Å². The molecule has 0 amide bonds. The molecule has 0 aromatic carbocycles. The zero-order valence-electron chi connectivity index (χ0n) is 11.1. The molecular formula is C14H21NO. The van der Waals surface area contributed by atoms with Gasteiger partial charge in [0.1, 0.15) is 0 Å². The lowest BCUT2D eigenvalue weighted by Crippen LogP contribution is -2.47. The lowest BCUT2D eigenvalue weighted by Gasteiger charge is -2.48. The monoisotopic (exact) mass is 219 g/mol. The van der Waals surface area contributed by atoms with Crippen LogP contribution in [0.25, 0.3) is 0 Å². The molecule has 1 heterocycles. The molecule has 2 rings (SSSR count). The van der Waals surface area contributed by atoms with E-state index in [2.05, 4.69) is 39.2 Å². The van der Waals surface area contributed by atoms with Gasteiger partial charge < -0.3 is 4.57 Å². The number of fused-ring (bicyclic) bond motifs is 1. The van der Waals surface area contributed by atoms with E-state index in [1.54, 1.807) is 0 Å². The van der Waals surface area contributed by atoms with Crippen molar-refractivity contribution in [2.75, 3.05) is 0 Å². The average molecular weight is 219 g/mol. The third kappa shape index (κ3) is 1.10. The molecule has 0 bridgehead atoms. The highest BCUT2D eigenvalue weighted by molar-refractivity contribution is 6.03. The first-order valence-corrected chi connectivity index (χ1v) is 5.91. The second-order valence-electron chi connectivity index (χ2n) is 6.12. The average Bonchev–Trinajstić information content (AvgIpc) is 2.55. The molecular weight excluding hydrogens is 198 g/mol. The van der Waals surface area contributed by atoms with Crippen molar-refractivity contribution < 1.29 is 4.79 Å². The second kappa shape index (κ2) is 2.99. The molecule has 1 aliphatic carbocycles. The Morgan fingerprint density at radius 1 is 1.25 bits per heavy atom. The summed E-state index contributed by atoms with van der Waals surface area (Å²) >= 11 is 0. The number of nitrogens with zero attached hydrogens (tertiary/aromatic N) is 1. The van der Waals surface area contributed by atoms with Crippen LogP contribution in [0, 0.1) is 10.8 Å². The molecule has 2 heteroatoms. The molecule has 1 aliphatic rings. The number of aromatic nitrogens is 1. The molecule has 0 saturated heterocycles. The molecule has 2 nitrogen and oxygen atoms in total. The summed E-state index contributed by atoms with van der Waals surface area (Å²) in [4.78, 5) is 12.5. The fraction of sp³-hybridized carbons (Fsp3) is 0.643. The van der Waals surface area contributed by atoms with Crippen LogP contribution >= 0.6 is 0 Å². The van der Waals surface area contributed by atoms with Gasteiger partial charge in [0.25, 0.3) is 0 Å². The van der Waals surface area contributed by atoms with Gasteiger partial charge >= 0.3 is 0 Å². The van der Waals surface area contributed by atoms with Crippen LogP contribution in [0.2, 0.25) is 0 Å². The molecule has 16 heavy (non-hydrogen) atoms. The van der Waals surface area contributed by atoms with Crippen LogP contribution in [-0.2, 0) is 7.05 Å². The molecule has 0 aliphatic heterocycles. The van der Waals surface area contributed by atoms with Crippen LogP contribution < -0.4 is 0 Å². The van der Waals surface area contributed by atoms with E-state index in [1.165, 1.54) is 5.69 Å². The van der Waals surface area contributed by atoms with Gasteiger partial charge in [0.15, 0.2) is 5.78 Å². The van der Waals surface area contributed by atoms with Gasteiger partial charge in [-0.25, -0.2) is 0 Å². The Hall–Kier alpha value is -1.05. The van der Waals surface area contributed by atoms with E-state index in [4.69, 9.17) is 0 Å². The third-order valence-electron chi connectivity index (χ3n) is 5.04. The number of carbonyl (C=O) groups is 1. The van der Waals surface area contributed by atoms with Gasteiger partial charge in [-0.2, -0.15) is 0 Å². The Kier molecular flexibility index (Phi) is 2.14. The van der Waals surface area contributed by atoms with Crippen LogP contribution in [-0.4, -0.2) is 10.4 Å². The molecule has 0 saturated carbocycles. The number of ketones is 1. The van der Waals surface area contributed by atoms with Gasteiger partial charge in [0.2, 0.25) is 0 Å². The largest absolute Gasteiger partial charge is 0.354 e. The third-order valence-corrected chi connectivity index (χ3v) is 5.04. The minimum absolute atomic E-state index is 0.0107. The topological polar surface area (TPSA) is 22.0 Å². The van der Waals surface area contributed by atoms with Gasteiger partial charge in [-0.1, -0.05) is 34.6 Å². The number of hydrogen-bond acceptors (Lipinski definition) is 1. The predicted octanol–water partition coefficient (Wildman–Crippen LogP) is 3.38. The molecule has 1 aromatic rings. The van der Waals surface area contributed by atoms with Crippen LogP contribution in [0.1, 0.15) is 56.6 Å². The van der Waals surface area contributed by atoms with E-state index >= 15 is 0 Å². The zero-order valence-corrected chi connectivity index (χ0v) is 11.1. The SMILES string of the molecule is CC1c2c(ccn2C)C(=O)C(C)(C)C1(C)C. The van der Waals surface area contributed by atoms with E-state index in [9.17, 15) is 4.79 Å². The minimum Gasteiger partial charge on any atom is -0.354 e. The lowest BCUT2D eigenvalue weighted by molar-refractivity contribution is 0.0428. The fourth-order valence-corrected chi connectivity index (χ4v) is 2.79. The molecule has 0 spiro atoms. The van der Waals surface area contributed by atoms with Crippen molar-refractivity contribution >= 4 is 5.78 Å². The molecule has 0 radical (unpaired) electrons. The van der Waals surface area contributed by atoms with E-state index in [-0.39, 0.29) is 16.6 Å². The first-order valence-electron chi connectivity index (χ1n) is 5.91. The summed E-state index contributed by atoms with van der Waals surface area (Å²) in [5, 5.41) is 0. The fourth-order valence-electron chi connectivity index (χ4n) is 2.79. The molecule has 0 fully saturated rings. The zero-order chi connectivity index (χ0) is 12.3. The normalized spacial score (nSPS) is 26.6. The summed E-state index contributed by atoms with van der Waals surface area (Å²) in [6.45, 7) is 10.8. The van der Waals surface area contributed by atoms with Crippen LogP contribution in [0.5, 0.6) is 0 Å². The molecule has 1 aromatic heterocycles. The highest BCUT2D eigenvalue weighted by atomic mass is 16.1. The lowest BCUT2D eigenvalue weighted by atomic mass is 9.54. The maximum absolute atomic E-state index is 12.5. The van der Waals surface area contributed by atoms with Crippen molar-refractivity contribution in [2.24, 2.45) is 17.9 Å². The van der Waals surface area contributed by atoms with E-state index < -0.39 is 0 Å². The van der Waals surface area contributed by atoms with Crippen LogP contribution in [0.3, 0.4) is 0 Å². The van der Waals surface area contributed by atoms with Crippen molar-refractivity contribution in [2.45, 2.75) is 40.5 Å². The summed E-state index contributed by atoms with van der Waals surface area (Å²) in [7, 11) is 2.02.